The Balaban J connectivity index is 2.87. The molecule has 0 spiro atoms. The number of thioether (sulfide) groups is 1. The molecule has 1 unspecified atom stereocenters. The molecule has 1 atom stereocenters. The van der Waals surface area contributed by atoms with Crippen LogP contribution in [0, 0.1) is 0 Å². The number of carbonyl (C=O) groups excluding carboxylic acids is 2. The van der Waals surface area contributed by atoms with Crippen LogP contribution in [0.25, 0.3) is 0 Å². The Morgan fingerprint density at radius 1 is 1.26 bits per heavy atom. The molecule has 2 N–H and O–H groups in total. The van der Waals surface area contributed by atoms with Crippen molar-refractivity contribution in [2.75, 3.05) is 32.0 Å². The van der Waals surface area contributed by atoms with Gasteiger partial charge in [-0.2, -0.15) is 11.8 Å². The van der Waals surface area contributed by atoms with Crippen molar-refractivity contribution in [1.82, 2.24) is 10.0 Å². The molecule has 0 radical (unpaired) electrons. The molecule has 0 heterocycles. The number of amides is 1. The first-order valence-electron chi connectivity index (χ1n) is 8.29. The van der Waals surface area contributed by atoms with Crippen LogP contribution >= 0.6 is 11.8 Å². The minimum Gasteiger partial charge on any atom is -0.496 e. The Hall–Kier alpha value is -1.78. The first-order chi connectivity index (χ1) is 12.8. The molecule has 0 aliphatic rings. The molecule has 1 rings (SSSR count). The van der Waals surface area contributed by atoms with E-state index in [1.807, 2.05) is 6.26 Å². The zero-order valence-corrected chi connectivity index (χ0v) is 17.5. The summed E-state index contributed by atoms with van der Waals surface area (Å²) in [6.45, 7) is 1.65. The lowest BCUT2D eigenvalue weighted by atomic mass is 10.1. The summed E-state index contributed by atoms with van der Waals surface area (Å²) in [6, 6.07) is 4.04. The minimum absolute atomic E-state index is 0.100. The van der Waals surface area contributed by atoms with Crippen molar-refractivity contribution in [1.29, 1.82) is 0 Å². The van der Waals surface area contributed by atoms with Gasteiger partial charge in [-0.1, -0.05) is 6.07 Å². The van der Waals surface area contributed by atoms with Crippen molar-refractivity contribution in [3.05, 3.63) is 29.3 Å². The highest BCUT2D eigenvalue weighted by Gasteiger charge is 2.23. The molecule has 10 heteroatoms. The summed E-state index contributed by atoms with van der Waals surface area (Å²) in [6.07, 6.45) is 2.26. The summed E-state index contributed by atoms with van der Waals surface area (Å²) >= 11 is 1.53. The fourth-order valence-electron chi connectivity index (χ4n) is 2.23. The third-order valence-electron chi connectivity index (χ3n) is 3.76. The number of benzene rings is 1. The van der Waals surface area contributed by atoms with Crippen molar-refractivity contribution < 1.29 is 27.5 Å². The van der Waals surface area contributed by atoms with Crippen LogP contribution < -0.4 is 14.8 Å². The Labute approximate surface area is 164 Å². The van der Waals surface area contributed by atoms with Gasteiger partial charge in [0, 0.05) is 6.54 Å². The molecular formula is C17H26N2O6S2. The Kier molecular flexibility index (Phi) is 9.61. The smallest absolute Gasteiger partial charge is 0.341 e. The van der Waals surface area contributed by atoms with Gasteiger partial charge in [0.05, 0.1) is 20.0 Å². The van der Waals surface area contributed by atoms with Gasteiger partial charge < -0.3 is 14.8 Å². The van der Waals surface area contributed by atoms with Crippen LogP contribution in [0.1, 0.15) is 29.3 Å². The summed E-state index contributed by atoms with van der Waals surface area (Å²) < 4.78 is 35.9. The van der Waals surface area contributed by atoms with Crippen molar-refractivity contribution in [2.45, 2.75) is 25.9 Å². The molecule has 152 valence electrons. The molecule has 27 heavy (non-hydrogen) atoms. The van der Waals surface area contributed by atoms with E-state index >= 15 is 0 Å². The van der Waals surface area contributed by atoms with Gasteiger partial charge >= 0.3 is 5.97 Å². The molecule has 1 aromatic carbocycles. The molecule has 0 aliphatic heterocycles. The second-order valence-corrected chi connectivity index (χ2v) is 8.63. The van der Waals surface area contributed by atoms with E-state index in [0.29, 0.717) is 23.5 Å². The molecule has 0 saturated carbocycles. The van der Waals surface area contributed by atoms with E-state index in [9.17, 15) is 18.0 Å². The van der Waals surface area contributed by atoms with Gasteiger partial charge in [0.1, 0.15) is 17.4 Å². The zero-order valence-electron chi connectivity index (χ0n) is 15.9. The summed E-state index contributed by atoms with van der Waals surface area (Å²) in [7, 11) is -0.791. The van der Waals surface area contributed by atoms with E-state index in [4.69, 9.17) is 9.47 Å². The number of rotatable bonds is 11. The van der Waals surface area contributed by atoms with Crippen molar-refractivity contribution in [3.63, 3.8) is 0 Å². The highest BCUT2D eigenvalue weighted by atomic mass is 32.2. The number of esters is 1. The summed E-state index contributed by atoms with van der Waals surface area (Å²) in [5.41, 5.74) is 0.906. The summed E-state index contributed by atoms with van der Waals surface area (Å²) in [5.74, 6) is -0.0633. The van der Waals surface area contributed by atoms with Gasteiger partial charge in [-0.15, -0.1) is 0 Å². The van der Waals surface area contributed by atoms with Crippen molar-refractivity contribution in [3.8, 4) is 5.75 Å². The van der Waals surface area contributed by atoms with E-state index < -0.39 is 27.9 Å². The maximum absolute atomic E-state index is 12.5. The number of carbonyl (C=O) groups is 2. The largest absolute Gasteiger partial charge is 0.496 e. The number of nitrogens with one attached hydrogen (secondary N) is 2. The van der Waals surface area contributed by atoms with E-state index in [1.165, 1.54) is 32.9 Å². The minimum atomic E-state index is -3.51. The molecule has 0 fully saturated rings. The van der Waals surface area contributed by atoms with Crippen LogP contribution in [0.5, 0.6) is 5.75 Å². The maximum atomic E-state index is 12.5. The molecule has 0 saturated heterocycles. The fraction of sp³-hybridized carbons (Fsp3) is 0.529. The van der Waals surface area contributed by atoms with E-state index in [1.54, 1.807) is 18.2 Å². The van der Waals surface area contributed by atoms with E-state index in [-0.39, 0.29) is 17.9 Å². The van der Waals surface area contributed by atoms with Gasteiger partial charge in [-0.05, 0) is 43.0 Å². The zero-order chi connectivity index (χ0) is 20.4. The molecule has 0 bridgehead atoms. The van der Waals surface area contributed by atoms with Gasteiger partial charge in [0.15, 0.2) is 0 Å². The molecule has 8 nitrogen and oxygen atoms in total. The topological polar surface area (TPSA) is 111 Å². The second kappa shape index (κ2) is 11.2. The van der Waals surface area contributed by atoms with Crippen LogP contribution in [0.4, 0.5) is 0 Å². The van der Waals surface area contributed by atoms with E-state index in [0.717, 1.165) is 0 Å². The molecular weight excluding hydrogens is 392 g/mol. The lowest BCUT2D eigenvalue weighted by Gasteiger charge is -2.18. The standard InChI is InChI=1S/C17H26N2O6S2/c1-5-27(22,23)19-14(8-9-26-4)16(20)18-11-12-6-7-15(24-2)13(10-12)17(21)25-3/h6-7,10,14,19H,5,8-9,11H2,1-4H3,(H,18,20). The third-order valence-corrected chi connectivity index (χ3v) is 5.81. The lowest BCUT2D eigenvalue weighted by Crippen LogP contribution is -2.47. The summed E-state index contributed by atoms with van der Waals surface area (Å²) in [5, 5.41) is 2.71. The molecule has 0 aromatic heterocycles. The highest BCUT2D eigenvalue weighted by molar-refractivity contribution is 7.98. The Morgan fingerprint density at radius 3 is 2.52 bits per heavy atom. The van der Waals surface area contributed by atoms with Gasteiger partial charge in [-0.25, -0.2) is 17.9 Å². The molecule has 1 amide bonds. The Bertz CT molecular complexity index is 752. The monoisotopic (exact) mass is 418 g/mol. The molecule has 0 aliphatic carbocycles. The number of hydrogen-bond acceptors (Lipinski definition) is 7. The van der Waals surface area contributed by atoms with Crippen molar-refractivity contribution >= 4 is 33.7 Å². The van der Waals surface area contributed by atoms with Gasteiger partial charge in [-0.3, -0.25) is 4.79 Å². The maximum Gasteiger partial charge on any atom is 0.341 e. The van der Waals surface area contributed by atoms with E-state index in [2.05, 4.69) is 10.0 Å². The normalized spacial score (nSPS) is 12.3. The van der Waals surface area contributed by atoms with Gasteiger partial charge in [0.25, 0.3) is 0 Å². The lowest BCUT2D eigenvalue weighted by molar-refractivity contribution is -0.122. The SMILES string of the molecule is CCS(=O)(=O)NC(CCSC)C(=O)NCc1ccc(OC)c(C(=O)OC)c1. The predicted octanol–water partition coefficient (Wildman–Crippen LogP) is 1.16. The molecule has 1 aromatic rings. The quantitative estimate of drug-likeness (QED) is 0.519. The number of hydrogen-bond donors (Lipinski definition) is 2. The number of sulfonamides is 1. The first kappa shape index (κ1) is 23.3. The first-order valence-corrected chi connectivity index (χ1v) is 11.3. The van der Waals surface area contributed by atoms with Crippen LogP contribution in [0.15, 0.2) is 18.2 Å². The van der Waals surface area contributed by atoms with Crippen LogP contribution in [-0.4, -0.2) is 58.3 Å². The third kappa shape index (κ3) is 7.39. The summed E-state index contributed by atoms with van der Waals surface area (Å²) in [4.78, 5) is 24.3. The fourth-order valence-corrected chi connectivity index (χ4v) is 3.52. The average molecular weight is 419 g/mol. The number of ether oxygens (including phenoxy) is 2. The average Bonchev–Trinajstić information content (AvgIpc) is 2.68. The second-order valence-electron chi connectivity index (χ2n) is 5.60. The Morgan fingerprint density at radius 2 is 1.96 bits per heavy atom. The van der Waals surface area contributed by atoms with Gasteiger partial charge in [0.2, 0.25) is 15.9 Å². The van der Waals surface area contributed by atoms with Crippen LogP contribution in [0.2, 0.25) is 0 Å². The van der Waals surface area contributed by atoms with Crippen LogP contribution in [0.3, 0.4) is 0 Å². The highest BCUT2D eigenvalue weighted by Crippen LogP contribution is 2.20. The van der Waals surface area contributed by atoms with Crippen LogP contribution in [-0.2, 0) is 26.1 Å². The van der Waals surface area contributed by atoms with Crippen molar-refractivity contribution in [2.24, 2.45) is 0 Å². The predicted molar refractivity (Wildman–Crippen MR) is 106 cm³/mol. The number of methoxy groups -OCH3 is 2.